The van der Waals surface area contributed by atoms with E-state index in [2.05, 4.69) is 5.32 Å². The molecule has 0 aromatic rings. The van der Waals surface area contributed by atoms with E-state index in [0.29, 0.717) is 4.90 Å². The van der Waals surface area contributed by atoms with Crippen LogP contribution in [0.3, 0.4) is 0 Å². The van der Waals surface area contributed by atoms with Gasteiger partial charge in [0.05, 0.1) is 6.54 Å². The van der Waals surface area contributed by atoms with Gasteiger partial charge in [0, 0.05) is 0 Å². The van der Waals surface area contributed by atoms with Crippen molar-refractivity contribution in [3.63, 3.8) is 0 Å². The molecule has 7 nitrogen and oxygen atoms in total. The minimum atomic E-state index is -2.15. The molecule has 16 heavy (non-hydrogen) atoms. The van der Waals surface area contributed by atoms with Crippen molar-refractivity contribution in [1.29, 1.82) is 0 Å². The lowest BCUT2D eigenvalue weighted by Crippen LogP contribution is -2.49. The second-order valence-corrected chi connectivity index (χ2v) is 4.53. The number of hydrogen-bond acceptors (Lipinski definition) is 4. The summed E-state index contributed by atoms with van der Waals surface area (Å²) in [4.78, 5) is 34.4. The Morgan fingerprint density at radius 1 is 1.50 bits per heavy atom. The number of amides is 3. The van der Waals surface area contributed by atoms with E-state index in [9.17, 15) is 19.5 Å². The quantitative estimate of drug-likeness (QED) is 0.547. The van der Waals surface area contributed by atoms with Gasteiger partial charge in [-0.2, -0.15) is 0 Å². The van der Waals surface area contributed by atoms with Gasteiger partial charge >= 0.3 is 12.0 Å². The number of nitrogens with zero attached hydrogens (tertiary/aromatic N) is 1. The van der Waals surface area contributed by atoms with Crippen LogP contribution in [0, 0.1) is 0 Å². The maximum absolute atomic E-state index is 11.7. The van der Waals surface area contributed by atoms with Crippen molar-refractivity contribution in [3.05, 3.63) is 0 Å². The highest BCUT2D eigenvalue weighted by Gasteiger charge is 2.47. The number of hydrogen-bond donors (Lipinski definition) is 3. The van der Waals surface area contributed by atoms with E-state index in [4.69, 9.17) is 5.11 Å². The molecule has 90 valence electrons. The molecule has 1 fully saturated rings. The third kappa shape index (κ3) is 1.99. The molecule has 1 atom stereocenters. The Hall–Kier alpha value is -1.63. The van der Waals surface area contributed by atoms with Crippen molar-refractivity contribution >= 4 is 17.9 Å². The molecule has 1 aliphatic rings. The Bertz CT molecular complexity index is 361. The SMILES string of the molecule is CC1(C)NC(=O)N(C[C@](C)(O)C(=O)O)C1=O. The smallest absolute Gasteiger partial charge is 0.337 e. The molecule has 0 saturated carbocycles. The van der Waals surface area contributed by atoms with Crippen molar-refractivity contribution in [2.24, 2.45) is 0 Å². The first-order chi connectivity index (χ1) is 7.08. The summed E-state index contributed by atoms with van der Waals surface area (Å²) in [6.45, 7) is 3.46. The summed E-state index contributed by atoms with van der Waals surface area (Å²) in [6.07, 6.45) is 0. The number of urea groups is 1. The van der Waals surface area contributed by atoms with Crippen LogP contribution < -0.4 is 5.32 Å². The molecule has 0 spiro atoms. The number of carboxylic acid groups (broad SMARTS) is 1. The first-order valence-corrected chi connectivity index (χ1v) is 4.68. The third-order valence-electron chi connectivity index (χ3n) is 2.37. The number of imide groups is 1. The molecular weight excluding hydrogens is 216 g/mol. The highest BCUT2D eigenvalue weighted by atomic mass is 16.4. The molecule has 1 heterocycles. The number of β-amino-alcohol motifs (C(OH)–C–C–N with tert-alkyl or cyclic N) is 1. The van der Waals surface area contributed by atoms with Crippen LogP contribution >= 0.6 is 0 Å². The van der Waals surface area contributed by atoms with Crippen molar-refractivity contribution in [2.75, 3.05) is 6.54 Å². The van der Waals surface area contributed by atoms with E-state index >= 15 is 0 Å². The maximum atomic E-state index is 11.7. The van der Waals surface area contributed by atoms with Gasteiger partial charge in [-0.25, -0.2) is 9.59 Å². The summed E-state index contributed by atoms with van der Waals surface area (Å²) in [5.41, 5.74) is -3.21. The average molecular weight is 230 g/mol. The molecule has 1 rings (SSSR count). The molecule has 0 bridgehead atoms. The highest BCUT2D eigenvalue weighted by Crippen LogP contribution is 2.19. The molecule has 1 saturated heterocycles. The van der Waals surface area contributed by atoms with Crippen LogP contribution in [0.1, 0.15) is 20.8 Å². The molecule has 0 radical (unpaired) electrons. The normalized spacial score (nSPS) is 22.9. The van der Waals surface area contributed by atoms with E-state index < -0.39 is 35.6 Å². The van der Waals surface area contributed by atoms with E-state index in [-0.39, 0.29) is 0 Å². The highest BCUT2D eigenvalue weighted by molar-refractivity contribution is 6.06. The first-order valence-electron chi connectivity index (χ1n) is 4.68. The second kappa shape index (κ2) is 3.44. The number of nitrogens with one attached hydrogen (secondary N) is 1. The van der Waals surface area contributed by atoms with E-state index in [0.717, 1.165) is 6.92 Å². The number of aliphatic carboxylic acids is 1. The predicted octanol–water partition coefficient (Wildman–Crippen LogP) is -0.848. The minimum Gasteiger partial charge on any atom is -0.479 e. The van der Waals surface area contributed by atoms with Gasteiger partial charge < -0.3 is 15.5 Å². The van der Waals surface area contributed by atoms with Crippen LogP contribution in [-0.2, 0) is 9.59 Å². The molecule has 3 N–H and O–H groups in total. The fourth-order valence-corrected chi connectivity index (χ4v) is 1.34. The van der Waals surface area contributed by atoms with Crippen molar-refractivity contribution in [1.82, 2.24) is 10.2 Å². The standard InChI is InChI=1S/C9H14N2O5/c1-8(2)5(12)11(7(15)10-8)4-9(3,16)6(13)14/h16H,4H2,1-3H3,(H,10,15)(H,13,14)/t9-/m0/s1. The Kier molecular flexibility index (Phi) is 2.68. The second-order valence-electron chi connectivity index (χ2n) is 4.53. The average Bonchev–Trinajstić information content (AvgIpc) is 2.27. The van der Waals surface area contributed by atoms with Gasteiger partial charge in [0.1, 0.15) is 5.54 Å². The largest absolute Gasteiger partial charge is 0.479 e. The van der Waals surface area contributed by atoms with E-state index in [1.165, 1.54) is 13.8 Å². The van der Waals surface area contributed by atoms with Gasteiger partial charge in [-0.05, 0) is 20.8 Å². The minimum absolute atomic E-state index is 0.556. The summed E-state index contributed by atoms with van der Waals surface area (Å²) < 4.78 is 0. The van der Waals surface area contributed by atoms with Gasteiger partial charge in [-0.15, -0.1) is 0 Å². The summed E-state index contributed by atoms with van der Waals surface area (Å²) >= 11 is 0. The Labute approximate surface area is 92.0 Å². The van der Waals surface area contributed by atoms with E-state index in [1.54, 1.807) is 0 Å². The van der Waals surface area contributed by atoms with Gasteiger partial charge in [0.2, 0.25) is 0 Å². The Balaban J connectivity index is 2.88. The number of carboxylic acids is 1. The first kappa shape index (κ1) is 12.4. The molecule has 1 aliphatic heterocycles. The van der Waals surface area contributed by atoms with Gasteiger partial charge in [0.25, 0.3) is 5.91 Å². The topological polar surface area (TPSA) is 107 Å². The Morgan fingerprint density at radius 2 is 2.00 bits per heavy atom. The molecule has 7 heteroatoms. The van der Waals surface area contributed by atoms with Crippen LogP contribution in [0.5, 0.6) is 0 Å². The third-order valence-corrected chi connectivity index (χ3v) is 2.37. The predicted molar refractivity (Wildman–Crippen MR) is 52.6 cm³/mol. The fraction of sp³-hybridized carbons (Fsp3) is 0.667. The molecule has 0 unspecified atom stereocenters. The van der Waals surface area contributed by atoms with Crippen molar-refractivity contribution in [2.45, 2.75) is 31.9 Å². The van der Waals surface area contributed by atoms with Crippen LogP contribution in [0.2, 0.25) is 0 Å². The van der Waals surface area contributed by atoms with Gasteiger partial charge in [-0.3, -0.25) is 9.69 Å². The zero-order chi connectivity index (χ0) is 12.7. The van der Waals surface area contributed by atoms with Gasteiger partial charge in [0.15, 0.2) is 5.60 Å². The summed E-state index contributed by atoms with van der Waals surface area (Å²) in [5.74, 6) is -2.04. The van der Waals surface area contributed by atoms with Gasteiger partial charge in [-0.1, -0.05) is 0 Å². The van der Waals surface area contributed by atoms with Crippen LogP contribution in [-0.4, -0.2) is 50.7 Å². The number of carbonyl (C=O) groups excluding carboxylic acids is 2. The summed E-state index contributed by atoms with van der Waals surface area (Å²) in [6, 6.07) is -0.698. The summed E-state index contributed by atoms with van der Waals surface area (Å²) in [5, 5.41) is 20.6. The lowest BCUT2D eigenvalue weighted by Gasteiger charge is -2.23. The molecular formula is C9H14N2O5. The van der Waals surface area contributed by atoms with Crippen molar-refractivity contribution < 1.29 is 24.6 Å². The summed E-state index contributed by atoms with van der Waals surface area (Å²) in [7, 11) is 0. The zero-order valence-electron chi connectivity index (χ0n) is 9.27. The zero-order valence-corrected chi connectivity index (χ0v) is 9.27. The molecule has 0 aromatic heterocycles. The van der Waals surface area contributed by atoms with Crippen LogP contribution in [0.15, 0.2) is 0 Å². The van der Waals surface area contributed by atoms with E-state index in [1.807, 2.05) is 0 Å². The molecule has 0 aliphatic carbocycles. The van der Waals surface area contributed by atoms with Crippen LogP contribution in [0.25, 0.3) is 0 Å². The number of aliphatic hydroxyl groups is 1. The monoisotopic (exact) mass is 230 g/mol. The number of carbonyl (C=O) groups is 3. The number of rotatable bonds is 3. The van der Waals surface area contributed by atoms with Crippen molar-refractivity contribution in [3.8, 4) is 0 Å². The lowest BCUT2D eigenvalue weighted by molar-refractivity contribution is -0.158. The Morgan fingerprint density at radius 3 is 2.31 bits per heavy atom. The van der Waals surface area contributed by atoms with Crippen LogP contribution in [0.4, 0.5) is 4.79 Å². The molecule has 3 amide bonds. The molecule has 0 aromatic carbocycles. The lowest BCUT2D eigenvalue weighted by atomic mass is 10.0. The fourth-order valence-electron chi connectivity index (χ4n) is 1.34. The maximum Gasteiger partial charge on any atom is 0.337 e.